The summed E-state index contributed by atoms with van der Waals surface area (Å²) in [6.07, 6.45) is 0. The Bertz CT molecular complexity index is 1220. The molecule has 4 rings (SSSR count). The Labute approximate surface area is 193 Å². The van der Waals surface area contributed by atoms with Crippen LogP contribution >= 0.6 is 0 Å². The third kappa shape index (κ3) is 5.65. The molecule has 1 aliphatic rings. The van der Waals surface area contributed by atoms with Crippen molar-refractivity contribution in [2.75, 3.05) is 48.2 Å². The maximum absolute atomic E-state index is 12.8. The van der Waals surface area contributed by atoms with Crippen LogP contribution in [-0.4, -0.2) is 62.6 Å². The van der Waals surface area contributed by atoms with Crippen molar-refractivity contribution in [3.05, 3.63) is 60.7 Å². The summed E-state index contributed by atoms with van der Waals surface area (Å²) in [4.78, 5) is 15.7. The van der Waals surface area contributed by atoms with Gasteiger partial charge in [-0.3, -0.25) is 9.52 Å². The summed E-state index contributed by atoms with van der Waals surface area (Å²) in [5.74, 6) is 0.617. The number of rotatable bonds is 6. The first-order chi connectivity index (χ1) is 15.8. The number of aromatic nitrogens is 2. The Kier molecular flexibility index (Phi) is 6.57. The second-order valence-electron chi connectivity index (χ2n) is 7.96. The van der Waals surface area contributed by atoms with Gasteiger partial charge in [0.05, 0.1) is 10.6 Å². The van der Waals surface area contributed by atoms with E-state index in [1.807, 2.05) is 18.2 Å². The molecule has 0 spiro atoms. The molecule has 0 saturated carbocycles. The molecule has 0 aliphatic carbocycles. The summed E-state index contributed by atoms with van der Waals surface area (Å²) in [6, 6.07) is 16.9. The molecular weight excluding hydrogens is 440 g/mol. The van der Waals surface area contributed by atoms with E-state index in [1.165, 1.54) is 19.1 Å². The van der Waals surface area contributed by atoms with Gasteiger partial charge in [0.1, 0.15) is 0 Å². The Balaban J connectivity index is 1.48. The monoisotopic (exact) mass is 466 g/mol. The van der Waals surface area contributed by atoms with Crippen LogP contribution in [0.1, 0.15) is 6.92 Å². The zero-order valence-corrected chi connectivity index (χ0v) is 19.3. The lowest BCUT2D eigenvalue weighted by Crippen LogP contribution is -2.44. The number of carbonyl (C=O) groups excluding carboxylic acids is 1. The molecule has 1 saturated heterocycles. The van der Waals surface area contributed by atoms with Crippen LogP contribution in [0.25, 0.3) is 11.3 Å². The minimum atomic E-state index is -3.79. The fourth-order valence-electron chi connectivity index (χ4n) is 3.56. The normalized spacial score (nSPS) is 14.7. The fourth-order valence-corrected chi connectivity index (χ4v) is 4.61. The largest absolute Gasteiger partial charge is 0.353 e. The van der Waals surface area contributed by atoms with Gasteiger partial charge in [0.15, 0.2) is 5.82 Å². The highest BCUT2D eigenvalue weighted by molar-refractivity contribution is 7.92. The van der Waals surface area contributed by atoms with Crippen LogP contribution in [0.15, 0.2) is 65.6 Å². The summed E-state index contributed by atoms with van der Waals surface area (Å²) in [6.45, 7) is 5.19. The first-order valence-electron chi connectivity index (χ1n) is 10.6. The highest BCUT2D eigenvalue weighted by Crippen LogP contribution is 2.24. The van der Waals surface area contributed by atoms with Gasteiger partial charge in [0, 0.05) is 50.0 Å². The van der Waals surface area contributed by atoms with Gasteiger partial charge in [0.25, 0.3) is 10.0 Å². The second kappa shape index (κ2) is 9.55. The van der Waals surface area contributed by atoms with E-state index in [4.69, 9.17) is 0 Å². The molecule has 1 amide bonds. The molecule has 10 heteroatoms. The molecule has 33 heavy (non-hydrogen) atoms. The van der Waals surface area contributed by atoms with E-state index in [-0.39, 0.29) is 10.8 Å². The number of carbonyl (C=O) groups is 1. The third-order valence-electron chi connectivity index (χ3n) is 5.37. The van der Waals surface area contributed by atoms with E-state index in [1.54, 1.807) is 30.3 Å². The predicted molar refractivity (Wildman–Crippen MR) is 129 cm³/mol. The van der Waals surface area contributed by atoms with E-state index in [2.05, 4.69) is 37.1 Å². The lowest BCUT2D eigenvalue weighted by molar-refractivity contribution is -0.114. The maximum atomic E-state index is 12.8. The number of nitrogens with zero attached hydrogens (tertiary/aromatic N) is 4. The van der Waals surface area contributed by atoms with Crippen molar-refractivity contribution < 1.29 is 13.2 Å². The number of hydrogen-bond acceptors (Lipinski definition) is 7. The molecule has 0 unspecified atom stereocenters. The molecule has 1 aliphatic heterocycles. The molecule has 172 valence electrons. The smallest absolute Gasteiger partial charge is 0.261 e. The molecule has 2 aromatic carbocycles. The zero-order chi connectivity index (χ0) is 23.4. The van der Waals surface area contributed by atoms with Crippen molar-refractivity contribution in [2.24, 2.45) is 0 Å². The van der Waals surface area contributed by atoms with Crippen molar-refractivity contribution in [3.63, 3.8) is 0 Å². The Hall–Kier alpha value is -3.50. The highest BCUT2D eigenvalue weighted by atomic mass is 32.2. The van der Waals surface area contributed by atoms with Gasteiger partial charge in [-0.25, -0.2) is 8.42 Å². The lowest BCUT2D eigenvalue weighted by atomic mass is 10.1. The van der Waals surface area contributed by atoms with Crippen LogP contribution in [0, 0.1) is 0 Å². The number of sulfonamides is 1. The third-order valence-corrected chi connectivity index (χ3v) is 6.77. The van der Waals surface area contributed by atoms with E-state index >= 15 is 0 Å². The minimum Gasteiger partial charge on any atom is -0.353 e. The highest BCUT2D eigenvalue weighted by Gasteiger charge is 2.17. The summed E-state index contributed by atoms with van der Waals surface area (Å²) in [5, 5.41) is 11.3. The van der Waals surface area contributed by atoms with E-state index in [0.29, 0.717) is 17.1 Å². The van der Waals surface area contributed by atoms with Crippen LogP contribution in [0.4, 0.5) is 17.2 Å². The van der Waals surface area contributed by atoms with Crippen molar-refractivity contribution >= 4 is 33.1 Å². The van der Waals surface area contributed by atoms with Crippen molar-refractivity contribution in [2.45, 2.75) is 11.8 Å². The van der Waals surface area contributed by atoms with Crippen LogP contribution in [0.3, 0.4) is 0 Å². The predicted octanol–water partition coefficient (Wildman–Crippen LogP) is 2.65. The Morgan fingerprint density at radius 2 is 1.64 bits per heavy atom. The van der Waals surface area contributed by atoms with E-state index in [0.717, 1.165) is 37.6 Å². The second-order valence-corrected chi connectivity index (χ2v) is 9.64. The molecule has 2 N–H and O–H groups in total. The first kappa shape index (κ1) is 22.7. The van der Waals surface area contributed by atoms with Gasteiger partial charge in [-0.1, -0.05) is 12.1 Å². The molecule has 1 fully saturated rings. The molecule has 1 aromatic heterocycles. The lowest BCUT2D eigenvalue weighted by Gasteiger charge is -2.32. The first-order valence-corrected chi connectivity index (χ1v) is 12.1. The average Bonchev–Trinajstić information content (AvgIpc) is 2.80. The van der Waals surface area contributed by atoms with Crippen LogP contribution in [-0.2, 0) is 14.8 Å². The SMILES string of the molecule is CC(=O)Nc1ccc(S(=O)(=O)Nc2cccc(-c3ccc(N4CCN(C)CC4)nn3)c2)cc1. The van der Waals surface area contributed by atoms with Crippen molar-refractivity contribution in [1.29, 1.82) is 0 Å². The van der Waals surface area contributed by atoms with Crippen molar-refractivity contribution in [3.8, 4) is 11.3 Å². The summed E-state index contributed by atoms with van der Waals surface area (Å²) in [7, 11) is -1.69. The molecule has 0 bridgehead atoms. The number of benzene rings is 2. The number of hydrogen-bond donors (Lipinski definition) is 2. The van der Waals surface area contributed by atoms with Gasteiger partial charge in [-0.05, 0) is 55.6 Å². The van der Waals surface area contributed by atoms with Crippen LogP contribution in [0.5, 0.6) is 0 Å². The maximum Gasteiger partial charge on any atom is 0.261 e. The summed E-state index contributed by atoms with van der Waals surface area (Å²) < 4.78 is 28.2. The van der Waals surface area contributed by atoms with E-state index in [9.17, 15) is 13.2 Å². The molecule has 0 atom stereocenters. The number of amides is 1. The topological polar surface area (TPSA) is 108 Å². The Morgan fingerprint density at radius 1 is 0.909 bits per heavy atom. The van der Waals surface area contributed by atoms with Gasteiger partial charge < -0.3 is 15.1 Å². The molecule has 0 radical (unpaired) electrons. The van der Waals surface area contributed by atoms with Crippen LogP contribution < -0.4 is 14.9 Å². The zero-order valence-electron chi connectivity index (χ0n) is 18.5. The molecule has 2 heterocycles. The van der Waals surface area contributed by atoms with Gasteiger partial charge in [-0.2, -0.15) is 0 Å². The number of piperazine rings is 1. The summed E-state index contributed by atoms with van der Waals surface area (Å²) >= 11 is 0. The van der Waals surface area contributed by atoms with Gasteiger partial charge in [-0.15, -0.1) is 10.2 Å². The molecule has 3 aromatic rings. The Morgan fingerprint density at radius 3 is 2.27 bits per heavy atom. The van der Waals surface area contributed by atoms with Gasteiger partial charge >= 0.3 is 0 Å². The quantitative estimate of drug-likeness (QED) is 0.575. The van der Waals surface area contributed by atoms with Crippen molar-refractivity contribution in [1.82, 2.24) is 15.1 Å². The molecular formula is C23H26N6O3S. The number of nitrogens with one attached hydrogen (secondary N) is 2. The fraction of sp³-hybridized carbons (Fsp3) is 0.261. The standard InChI is InChI=1S/C23H26N6O3S/c1-17(30)24-19-6-8-21(9-7-19)33(31,32)27-20-5-3-4-18(16-20)22-10-11-23(26-25-22)29-14-12-28(2)13-15-29/h3-11,16,27H,12-15H2,1-2H3,(H,24,30). The van der Waals surface area contributed by atoms with E-state index < -0.39 is 10.0 Å². The molecule has 9 nitrogen and oxygen atoms in total. The van der Waals surface area contributed by atoms with Gasteiger partial charge in [0.2, 0.25) is 5.91 Å². The summed E-state index contributed by atoms with van der Waals surface area (Å²) in [5.41, 5.74) is 2.37. The number of anilines is 3. The number of likely N-dealkylation sites (N-methyl/N-ethyl adjacent to an activating group) is 1. The van der Waals surface area contributed by atoms with Crippen LogP contribution in [0.2, 0.25) is 0 Å². The average molecular weight is 467 g/mol. The minimum absolute atomic E-state index is 0.0957.